The zero-order valence-electron chi connectivity index (χ0n) is 11.3. The first-order valence-electron chi connectivity index (χ1n) is 6.44. The van der Waals surface area contributed by atoms with Crippen LogP contribution in [0.1, 0.15) is 16.1 Å². The standard InChI is InChI=1S/C15H11ClFN3O2/c16-12-9-20(8-10-3-5-11(17)6-4-10)19-14(12)18-15(21)13-2-1-7-22-13/h1-7,9H,8H2,(H,18,19,21). The summed E-state index contributed by atoms with van der Waals surface area (Å²) in [5.74, 6) is -0.318. The van der Waals surface area contributed by atoms with Crippen molar-refractivity contribution in [3.63, 3.8) is 0 Å². The molecule has 0 fully saturated rings. The highest BCUT2D eigenvalue weighted by Crippen LogP contribution is 2.21. The molecule has 0 unspecified atom stereocenters. The van der Waals surface area contributed by atoms with Gasteiger partial charge < -0.3 is 9.73 Å². The van der Waals surface area contributed by atoms with E-state index in [2.05, 4.69) is 10.4 Å². The van der Waals surface area contributed by atoms with E-state index in [4.69, 9.17) is 16.0 Å². The first-order valence-corrected chi connectivity index (χ1v) is 6.82. The monoisotopic (exact) mass is 319 g/mol. The van der Waals surface area contributed by atoms with Gasteiger partial charge in [-0.3, -0.25) is 9.48 Å². The summed E-state index contributed by atoms with van der Waals surface area (Å²) in [4.78, 5) is 11.9. The first kappa shape index (κ1) is 14.3. The average molecular weight is 320 g/mol. The second-order valence-electron chi connectivity index (χ2n) is 4.58. The fraction of sp³-hybridized carbons (Fsp3) is 0.0667. The lowest BCUT2D eigenvalue weighted by atomic mass is 10.2. The van der Waals surface area contributed by atoms with Crippen molar-refractivity contribution in [2.24, 2.45) is 0 Å². The molecule has 3 rings (SSSR count). The van der Waals surface area contributed by atoms with Gasteiger partial charge in [-0.05, 0) is 29.8 Å². The summed E-state index contributed by atoms with van der Waals surface area (Å²) in [6.07, 6.45) is 2.99. The van der Waals surface area contributed by atoms with E-state index in [0.29, 0.717) is 11.6 Å². The number of nitrogens with zero attached hydrogens (tertiary/aromatic N) is 2. The van der Waals surface area contributed by atoms with Crippen molar-refractivity contribution in [3.05, 3.63) is 71.0 Å². The highest BCUT2D eigenvalue weighted by molar-refractivity contribution is 6.33. The molecule has 1 N–H and O–H groups in total. The molecule has 2 aromatic heterocycles. The largest absolute Gasteiger partial charge is 0.459 e. The van der Waals surface area contributed by atoms with Crippen LogP contribution < -0.4 is 5.32 Å². The fourth-order valence-electron chi connectivity index (χ4n) is 1.92. The summed E-state index contributed by atoms with van der Waals surface area (Å²) in [5.41, 5.74) is 0.865. The number of furan rings is 1. The molecule has 112 valence electrons. The molecule has 7 heteroatoms. The number of amides is 1. The maximum absolute atomic E-state index is 12.9. The van der Waals surface area contributed by atoms with Gasteiger partial charge in [-0.1, -0.05) is 23.7 Å². The van der Waals surface area contributed by atoms with Crippen LogP contribution in [0.4, 0.5) is 10.2 Å². The van der Waals surface area contributed by atoms with Crippen LogP contribution in [-0.4, -0.2) is 15.7 Å². The van der Waals surface area contributed by atoms with Gasteiger partial charge in [-0.25, -0.2) is 4.39 Å². The van der Waals surface area contributed by atoms with Crippen LogP contribution in [0.2, 0.25) is 5.02 Å². The summed E-state index contributed by atoms with van der Waals surface area (Å²) < 4.78 is 19.4. The van der Waals surface area contributed by atoms with Crippen LogP contribution >= 0.6 is 11.6 Å². The van der Waals surface area contributed by atoms with Gasteiger partial charge in [-0.15, -0.1) is 0 Å². The highest BCUT2D eigenvalue weighted by atomic mass is 35.5. The lowest BCUT2D eigenvalue weighted by molar-refractivity contribution is 0.0996. The molecule has 0 saturated carbocycles. The Bertz CT molecular complexity index is 782. The van der Waals surface area contributed by atoms with E-state index in [1.807, 2.05) is 0 Å². The minimum Gasteiger partial charge on any atom is -0.459 e. The summed E-state index contributed by atoms with van der Waals surface area (Å²) >= 11 is 6.05. The minimum absolute atomic E-state index is 0.171. The van der Waals surface area contributed by atoms with Crippen LogP contribution in [0.25, 0.3) is 0 Å². The molecule has 0 spiro atoms. The molecular weight excluding hydrogens is 309 g/mol. The molecular formula is C15H11ClFN3O2. The van der Waals surface area contributed by atoms with Crippen molar-refractivity contribution in [1.29, 1.82) is 0 Å². The summed E-state index contributed by atoms with van der Waals surface area (Å²) in [7, 11) is 0. The number of benzene rings is 1. The molecule has 1 aromatic carbocycles. The van der Waals surface area contributed by atoms with Gasteiger partial charge >= 0.3 is 0 Å². The number of aromatic nitrogens is 2. The average Bonchev–Trinajstić information content (AvgIpc) is 3.12. The highest BCUT2D eigenvalue weighted by Gasteiger charge is 2.14. The van der Waals surface area contributed by atoms with E-state index in [1.54, 1.807) is 35.1 Å². The van der Waals surface area contributed by atoms with Crippen molar-refractivity contribution in [1.82, 2.24) is 9.78 Å². The van der Waals surface area contributed by atoms with E-state index in [9.17, 15) is 9.18 Å². The molecule has 0 radical (unpaired) electrons. The number of carbonyl (C=O) groups is 1. The van der Waals surface area contributed by atoms with E-state index < -0.39 is 5.91 Å². The molecule has 2 heterocycles. The van der Waals surface area contributed by atoms with Crippen molar-refractivity contribution >= 4 is 23.3 Å². The SMILES string of the molecule is O=C(Nc1nn(Cc2ccc(F)cc2)cc1Cl)c1ccco1. The maximum Gasteiger partial charge on any atom is 0.292 e. The molecule has 0 atom stereocenters. The smallest absolute Gasteiger partial charge is 0.292 e. The Kier molecular flexibility index (Phi) is 3.93. The van der Waals surface area contributed by atoms with E-state index in [0.717, 1.165) is 5.56 Å². The third kappa shape index (κ3) is 3.17. The molecule has 1 amide bonds. The van der Waals surface area contributed by atoms with Crippen LogP contribution in [0.15, 0.2) is 53.3 Å². The van der Waals surface area contributed by atoms with Crippen molar-refractivity contribution in [3.8, 4) is 0 Å². The number of halogens is 2. The van der Waals surface area contributed by atoms with Crippen LogP contribution in [0, 0.1) is 5.82 Å². The van der Waals surface area contributed by atoms with Gasteiger partial charge in [0.05, 0.1) is 12.8 Å². The number of carbonyl (C=O) groups excluding carboxylic acids is 1. The fourth-order valence-corrected chi connectivity index (χ4v) is 2.11. The zero-order valence-corrected chi connectivity index (χ0v) is 12.0. The lowest BCUT2D eigenvalue weighted by Gasteiger charge is -2.02. The third-order valence-electron chi connectivity index (χ3n) is 2.95. The Labute approximate surface area is 130 Å². The second kappa shape index (κ2) is 6.03. The quantitative estimate of drug-likeness (QED) is 0.799. The molecule has 0 aliphatic rings. The van der Waals surface area contributed by atoms with Gasteiger partial charge in [0.2, 0.25) is 0 Å². The minimum atomic E-state index is -0.432. The van der Waals surface area contributed by atoms with E-state index in [-0.39, 0.29) is 17.4 Å². The Morgan fingerprint density at radius 1 is 1.32 bits per heavy atom. The number of anilines is 1. The van der Waals surface area contributed by atoms with Crippen molar-refractivity contribution < 1.29 is 13.6 Å². The molecule has 0 aliphatic carbocycles. The topological polar surface area (TPSA) is 60.1 Å². The van der Waals surface area contributed by atoms with Gasteiger partial charge in [-0.2, -0.15) is 5.10 Å². The maximum atomic E-state index is 12.9. The molecule has 0 bridgehead atoms. The van der Waals surface area contributed by atoms with Gasteiger partial charge in [0, 0.05) is 6.20 Å². The molecule has 3 aromatic rings. The predicted octanol–water partition coefficient (Wildman–Crippen LogP) is 3.57. The predicted molar refractivity (Wildman–Crippen MR) is 79.4 cm³/mol. The summed E-state index contributed by atoms with van der Waals surface area (Å²) in [6, 6.07) is 9.22. The van der Waals surface area contributed by atoms with E-state index >= 15 is 0 Å². The lowest BCUT2D eigenvalue weighted by Crippen LogP contribution is -2.12. The van der Waals surface area contributed by atoms with Crippen LogP contribution in [0.3, 0.4) is 0 Å². The Hall–Kier alpha value is -2.60. The Morgan fingerprint density at radius 3 is 2.77 bits per heavy atom. The second-order valence-corrected chi connectivity index (χ2v) is 4.99. The van der Waals surface area contributed by atoms with Gasteiger partial charge in [0.25, 0.3) is 5.91 Å². The van der Waals surface area contributed by atoms with Gasteiger partial charge in [0.15, 0.2) is 11.6 Å². The number of hydrogen-bond donors (Lipinski definition) is 1. The Morgan fingerprint density at radius 2 is 2.09 bits per heavy atom. The molecule has 0 saturated heterocycles. The van der Waals surface area contributed by atoms with Crippen molar-refractivity contribution in [2.45, 2.75) is 6.54 Å². The zero-order chi connectivity index (χ0) is 15.5. The first-order chi connectivity index (χ1) is 10.6. The number of hydrogen-bond acceptors (Lipinski definition) is 3. The van der Waals surface area contributed by atoms with Crippen LogP contribution in [0.5, 0.6) is 0 Å². The normalized spacial score (nSPS) is 10.6. The molecule has 5 nitrogen and oxygen atoms in total. The van der Waals surface area contributed by atoms with Crippen LogP contribution in [-0.2, 0) is 6.54 Å². The number of nitrogens with one attached hydrogen (secondary N) is 1. The molecule has 0 aliphatic heterocycles. The van der Waals surface area contributed by atoms with Gasteiger partial charge in [0.1, 0.15) is 10.8 Å². The number of rotatable bonds is 4. The van der Waals surface area contributed by atoms with E-state index in [1.165, 1.54) is 18.4 Å². The third-order valence-corrected chi connectivity index (χ3v) is 3.23. The molecule has 22 heavy (non-hydrogen) atoms. The summed E-state index contributed by atoms with van der Waals surface area (Å²) in [6.45, 7) is 0.413. The summed E-state index contributed by atoms with van der Waals surface area (Å²) in [5, 5.41) is 7.07. The van der Waals surface area contributed by atoms with Crippen molar-refractivity contribution in [2.75, 3.05) is 5.32 Å². The Balaban J connectivity index is 1.73.